The predicted molar refractivity (Wildman–Crippen MR) is 149 cm³/mol. The third kappa shape index (κ3) is 4.30. The van der Waals surface area contributed by atoms with Crippen LogP contribution in [0.1, 0.15) is 45.6 Å². The lowest BCUT2D eigenvalue weighted by molar-refractivity contribution is -0.147. The highest BCUT2D eigenvalue weighted by atomic mass is 32.2. The van der Waals surface area contributed by atoms with Gasteiger partial charge in [-0.05, 0) is 25.8 Å². The number of carbonyl (C=O) groups excluding carboxylic acids is 3. The molecular formula is C30H39N3O4S. The Morgan fingerprint density at radius 1 is 0.974 bits per heavy atom. The summed E-state index contributed by atoms with van der Waals surface area (Å²) in [7, 11) is 0. The summed E-state index contributed by atoms with van der Waals surface area (Å²) in [5.41, 5.74) is 1.04. The van der Waals surface area contributed by atoms with Crippen molar-refractivity contribution in [2.24, 2.45) is 11.8 Å². The molecule has 1 spiro atoms. The van der Waals surface area contributed by atoms with Gasteiger partial charge in [-0.25, -0.2) is 0 Å². The number of nitrogens with zero attached hydrogens (tertiary/aromatic N) is 3. The van der Waals surface area contributed by atoms with Gasteiger partial charge in [0, 0.05) is 30.9 Å². The normalized spacial score (nSPS) is 33.2. The number of likely N-dealkylation sites (tertiary alicyclic amines) is 1. The van der Waals surface area contributed by atoms with Gasteiger partial charge < -0.3 is 19.8 Å². The van der Waals surface area contributed by atoms with E-state index in [9.17, 15) is 19.5 Å². The number of amides is 3. The molecule has 38 heavy (non-hydrogen) atoms. The third-order valence-corrected chi connectivity index (χ3v) is 10.4. The number of rotatable bonds is 8. The zero-order chi connectivity index (χ0) is 27.1. The van der Waals surface area contributed by atoms with E-state index in [0.717, 1.165) is 24.8 Å². The fraction of sp³-hybridized carbons (Fsp3) is 0.567. The van der Waals surface area contributed by atoms with E-state index in [1.807, 2.05) is 59.2 Å². The number of hydrogen-bond donors (Lipinski definition) is 1. The first kappa shape index (κ1) is 27.0. The number of aliphatic hydroxyl groups is 1. The Kier molecular flexibility index (Phi) is 7.48. The van der Waals surface area contributed by atoms with Crippen LogP contribution in [0.3, 0.4) is 0 Å². The molecule has 6 atom stereocenters. The van der Waals surface area contributed by atoms with Crippen molar-refractivity contribution in [2.45, 2.75) is 68.2 Å². The molecule has 0 aromatic heterocycles. The monoisotopic (exact) mass is 537 g/mol. The van der Waals surface area contributed by atoms with Gasteiger partial charge in [-0.15, -0.1) is 11.8 Å². The van der Waals surface area contributed by atoms with Crippen molar-refractivity contribution in [2.75, 3.05) is 26.2 Å². The van der Waals surface area contributed by atoms with Crippen molar-refractivity contribution in [3.8, 4) is 0 Å². The molecule has 0 aliphatic carbocycles. The van der Waals surface area contributed by atoms with E-state index in [1.165, 1.54) is 0 Å². The van der Waals surface area contributed by atoms with Gasteiger partial charge in [-0.1, -0.05) is 74.4 Å². The number of carbonyl (C=O) groups is 3. The maximum atomic E-state index is 14.3. The summed E-state index contributed by atoms with van der Waals surface area (Å²) < 4.78 is -1.50. The van der Waals surface area contributed by atoms with Crippen LogP contribution in [-0.4, -0.2) is 85.3 Å². The number of aliphatic hydroxyl groups excluding tert-OH is 1. The first-order valence-electron chi connectivity index (χ1n) is 13.9. The van der Waals surface area contributed by atoms with Gasteiger partial charge in [0.25, 0.3) is 0 Å². The SMILES string of the molecule is CCCCCN1CC=C[C@]23S[C@@]4(C)C=CCN(Cc5ccccc5)C(=O)[C@H]4[C@H]2C(=O)N([C@H](C)CO)C3C1=O. The first-order valence-corrected chi connectivity index (χ1v) is 14.7. The molecule has 8 heteroatoms. The molecule has 4 aliphatic heterocycles. The molecular weight excluding hydrogens is 498 g/mol. The fourth-order valence-electron chi connectivity index (χ4n) is 6.82. The Bertz CT molecular complexity index is 1140. The van der Waals surface area contributed by atoms with Crippen LogP contribution < -0.4 is 0 Å². The number of hydrogen-bond acceptors (Lipinski definition) is 5. The van der Waals surface area contributed by atoms with Crippen molar-refractivity contribution in [3.05, 3.63) is 60.2 Å². The molecule has 4 heterocycles. The van der Waals surface area contributed by atoms with Gasteiger partial charge in [0.15, 0.2) is 0 Å². The van der Waals surface area contributed by atoms with Crippen LogP contribution in [0.2, 0.25) is 0 Å². The van der Waals surface area contributed by atoms with E-state index >= 15 is 0 Å². The summed E-state index contributed by atoms with van der Waals surface area (Å²) in [5, 5.41) is 10.1. The minimum atomic E-state index is -0.869. The molecule has 1 aromatic carbocycles. The van der Waals surface area contributed by atoms with Crippen LogP contribution in [0.4, 0.5) is 0 Å². The zero-order valence-electron chi connectivity index (χ0n) is 22.6. The van der Waals surface area contributed by atoms with Crippen LogP contribution in [0.15, 0.2) is 54.6 Å². The lowest BCUT2D eigenvalue weighted by Gasteiger charge is -2.38. The van der Waals surface area contributed by atoms with E-state index in [2.05, 4.69) is 19.1 Å². The second-order valence-corrected chi connectivity index (χ2v) is 13.1. The smallest absolute Gasteiger partial charge is 0.247 e. The van der Waals surface area contributed by atoms with E-state index in [-0.39, 0.29) is 24.3 Å². The van der Waals surface area contributed by atoms with Gasteiger partial charge >= 0.3 is 0 Å². The van der Waals surface area contributed by atoms with E-state index in [4.69, 9.17) is 0 Å². The molecule has 3 amide bonds. The molecule has 0 bridgehead atoms. The Hall–Kier alpha value is -2.58. The molecule has 2 saturated heterocycles. The van der Waals surface area contributed by atoms with Gasteiger partial charge in [0.2, 0.25) is 17.7 Å². The second kappa shape index (κ2) is 10.5. The summed E-state index contributed by atoms with van der Waals surface area (Å²) in [6.07, 6.45) is 11.2. The topological polar surface area (TPSA) is 81.2 Å². The molecule has 2 fully saturated rings. The molecule has 1 aromatic rings. The van der Waals surface area contributed by atoms with Crippen LogP contribution in [0, 0.1) is 11.8 Å². The van der Waals surface area contributed by atoms with Crippen LogP contribution in [0.5, 0.6) is 0 Å². The highest BCUT2D eigenvalue weighted by Gasteiger charge is 2.74. The molecule has 0 radical (unpaired) electrons. The minimum Gasteiger partial charge on any atom is -0.394 e. The molecule has 204 valence electrons. The van der Waals surface area contributed by atoms with Crippen molar-refractivity contribution in [3.63, 3.8) is 0 Å². The van der Waals surface area contributed by atoms with Gasteiger partial charge in [-0.2, -0.15) is 0 Å². The molecule has 5 rings (SSSR count). The molecule has 4 aliphatic rings. The maximum absolute atomic E-state index is 14.3. The molecule has 0 saturated carbocycles. The Morgan fingerprint density at radius 3 is 2.39 bits per heavy atom. The summed E-state index contributed by atoms with van der Waals surface area (Å²) in [5.74, 6) is -1.61. The first-order chi connectivity index (χ1) is 18.3. The summed E-state index contributed by atoms with van der Waals surface area (Å²) >= 11 is 1.59. The highest BCUT2D eigenvalue weighted by Crippen LogP contribution is 2.65. The average molecular weight is 538 g/mol. The van der Waals surface area contributed by atoms with Gasteiger partial charge in [-0.3, -0.25) is 14.4 Å². The van der Waals surface area contributed by atoms with Crippen molar-refractivity contribution >= 4 is 29.5 Å². The Labute approximate surface area is 229 Å². The number of benzene rings is 1. The van der Waals surface area contributed by atoms with Crippen LogP contribution in [-0.2, 0) is 20.9 Å². The van der Waals surface area contributed by atoms with Crippen LogP contribution in [0.25, 0.3) is 0 Å². The largest absolute Gasteiger partial charge is 0.394 e. The summed E-state index contributed by atoms with van der Waals surface area (Å²) in [6.45, 7) is 7.81. The lowest BCUT2D eigenvalue weighted by Crippen LogP contribution is -2.56. The maximum Gasteiger partial charge on any atom is 0.247 e. The zero-order valence-corrected chi connectivity index (χ0v) is 23.4. The third-order valence-electron chi connectivity index (χ3n) is 8.65. The minimum absolute atomic E-state index is 0.0498. The number of unbranched alkanes of at least 4 members (excludes halogenated alkanes) is 2. The van der Waals surface area contributed by atoms with Crippen LogP contribution >= 0.6 is 11.8 Å². The van der Waals surface area contributed by atoms with Gasteiger partial charge in [0.05, 0.1) is 29.2 Å². The van der Waals surface area contributed by atoms with E-state index in [1.54, 1.807) is 23.6 Å². The molecule has 1 unspecified atom stereocenters. The fourth-order valence-corrected chi connectivity index (χ4v) is 8.96. The predicted octanol–water partition coefficient (Wildman–Crippen LogP) is 3.24. The Balaban J connectivity index is 1.56. The molecule has 7 nitrogen and oxygen atoms in total. The average Bonchev–Trinajstić information content (AvgIpc) is 3.19. The standard InChI is InChI=1S/C30H39N3O4S/c1-4-5-9-16-31-17-11-15-30-24(27(36)33(21(2)20-34)25(30)28(31)37)23-26(35)32(18-10-14-29(23,3)38-30)19-22-12-7-6-8-13-22/h6-8,10-15,21,23-25,34H,4-5,9,16-20H2,1-3H3/t21-,23-,24+,25?,29+,30+/m1/s1. The Morgan fingerprint density at radius 2 is 1.68 bits per heavy atom. The lowest BCUT2D eigenvalue weighted by atomic mass is 9.74. The number of fused-ring (bicyclic) bond motifs is 2. The summed E-state index contributed by atoms with van der Waals surface area (Å²) in [6, 6.07) is 8.63. The van der Waals surface area contributed by atoms with Crippen molar-refractivity contribution in [1.82, 2.24) is 14.7 Å². The van der Waals surface area contributed by atoms with Gasteiger partial charge in [0.1, 0.15) is 6.04 Å². The van der Waals surface area contributed by atoms with E-state index in [0.29, 0.717) is 26.2 Å². The van der Waals surface area contributed by atoms with Crippen molar-refractivity contribution < 1.29 is 19.5 Å². The van der Waals surface area contributed by atoms with E-state index < -0.39 is 33.4 Å². The quantitative estimate of drug-likeness (QED) is 0.407. The highest BCUT2D eigenvalue weighted by molar-refractivity contribution is 8.02. The second-order valence-electron chi connectivity index (χ2n) is 11.3. The summed E-state index contributed by atoms with van der Waals surface area (Å²) in [4.78, 5) is 48.1. The van der Waals surface area contributed by atoms with Crippen molar-refractivity contribution in [1.29, 1.82) is 0 Å². The number of thioether (sulfide) groups is 1. The molecule has 1 N–H and O–H groups in total.